The molecule has 0 saturated carbocycles. The van der Waals surface area contributed by atoms with E-state index in [1.165, 1.54) is 23.3 Å². The topological polar surface area (TPSA) is 36.4 Å². The van der Waals surface area contributed by atoms with E-state index in [9.17, 15) is 0 Å². The van der Waals surface area contributed by atoms with E-state index in [0.29, 0.717) is 12.6 Å². The Morgan fingerprint density at radius 2 is 1.89 bits per heavy atom. The number of quaternary nitrogens is 1. The number of hydrogen-bond donors (Lipinski definition) is 1. The zero-order valence-electron chi connectivity index (χ0n) is 16.5. The molecule has 146 valence electrons. The van der Waals surface area contributed by atoms with Crippen LogP contribution < -0.4 is 9.64 Å². The number of benzene rings is 2. The van der Waals surface area contributed by atoms with E-state index in [-0.39, 0.29) is 0 Å². The fourth-order valence-electron chi connectivity index (χ4n) is 4.09. The van der Waals surface area contributed by atoms with Gasteiger partial charge in [0.15, 0.2) is 12.5 Å². The minimum Gasteiger partial charge on any atom is -0.494 e. The third-order valence-electron chi connectivity index (χ3n) is 5.50. The Kier molecular flexibility index (Phi) is 5.59. The fraction of sp³-hybridized carbons (Fsp3) is 0.364. The van der Waals surface area contributed by atoms with Crippen LogP contribution in [0.15, 0.2) is 54.6 Å². The molecule has 0 amide bonds. The van der Waals surface area contributed by atoms with Crippen LogP contribution in [0.4, 0.5) is 0 Å². The fourth-order valence-corrected chi connectivity index (χ4v) is 4.28. The third kappa shape index (κ3) is 3.75. The van der Waals surface area contributed by atoms with E-state index in [0.717, 1.165) is 35.1 Å². The van der Waals surface area contributed by atoms with Crippen molar-refractivity contribution in [2.24, 2.45) is 7.05 Å². The van der Waals surface area contributed by atoms with Crippen molar-refractivity contribution < 1.29 is 9.64 Å². The van der Waals surface area contributed by atoms with Crippen molar-refractivity contribution in [3.8, 4) is 17.1 Å². The average Bonchev–Trinajstić information content (AvgIpc) is 3.30. The summed E-state index contributed by atoms with van der Waals surface area (Å²) in [6, 6.07) is 19.3. The molecular weight excluding hydrogens is 368 g/mol. The monoisotopic (exact) mass is 395 g/mol. The van der Waals surface area contributed by atoms with Crippen LogP contribution in [0.25, 0.3) is 11.4 Å². The third-order valence-corrected chi connectivity index (χ3v) is 5.99. The Hall–Kier alpha value is -2.44. The van der Waals surface area contributed by atoms with E-state index in [1.807, 2.05) is 41.4 Å². The van der Waals surface area contributed by atoms with Crippen LogP contribution in [0, 0.1) is 4.77 Å². The Bertz CT molecular complexity index is 978. The molecule has 1 saturated heterocycles. The summed E-state index contributed by atoms with van der Waals surface area (Å²) in [5.41, 5.74) is 2.45. The molecule has 5 nitrogen and oxygen atoms in total. The standard InChI is InChI=1S/C22H26N4OS/c1-3-27-19-13-11-17(12-14-19)20-10-7-15-25(20)16-26-22(28)24(2)21(23-26)18-8-5-4-6-9-18/h4-6,8-9,11-14,20H,3,7,10,15-16H2,1-2H3/p+1/t20-/m0/s1. The summed E-state index contributed by atoms with van der Waals surface area (Å²) in [7, 11) is 2.00. The largest absolute Gasteiger partial charge is 0.494 e. The first-order valence-electron chi connectivity index (χ1n) is 9.94. The van der Waals surface area contributed by atoms with Gasteiger partial charge in [-0.3, -0.25) is 0 Å². The van der Waals surface area contributed by atoms with Crippen LogP contribution in [0.1, 0.15) is 31.4 Å². The highest BCUT2D eigenvalue weighted by Crippen LogP contribution is 2.22. The smallest absolute Gasteiger partial charge is 0.202 e. The zero-order valence-corrected chi connectivity index (χ0v) is 17.3. The van der Waals surface area contributed by atoms with E-state index >= 15 is 0 Å². The highest BCUT2D eigenvalue weighted by Gasteiger charge is 2.31. The Morgan fingerprint density at radius 3 is 2.61 bits per heavy atom. The van der Waals surface area contributed by atoms with Crippen molar-refractivity contribution >= 4 is 12.2 Å². The number of nitrogens with zero attached hydrogens (tertiary/aromatic N) is 3. The van der Waals surface area contributed by atoms with Crippen LogP contribution in [0.5, 0.6) is 5.75 Å². The maximum Gasteiger partial charge on any atom is 0.202 e. The first-order valence-corrected chi connectivity index (χ1v) is 10.3. The molecule has 0 bridgehead atoms. The van der Waals surface area contributed by atoms with E-state index in [1.54, 1.807) is 0 Å². The van der Waals surface area contributed by atoms with E-state index < -0.39 is 0 Å². The minimum atomic E-state index is 0.472. The van der Waals surface area contributed by atoms with Crippen molar-refractivity contribution in [3.63, 3.8) is 0 Å². The summed E-state index contributed by atoms with van der Waals surface area (Å²) in [6.07, 6.45) is 2.41. The summed E-state index contributed by atoms with van der Waals surface area (Å²) in [5, 5.41) is 4.84. The second-order valence-electron chi connectivity index (χ2n) is 7.29. The van der Waals surface area contributed by atoms with Gasteiger partial charge >= 0.3 is 0 Å². The second kappa shape index (κ2) is 8.29. The Balaban J connectivity index is 1.56. The van der Waals surface area contributed by atoms with Gasteiger partial charge in [-0.05, 0) is 43.4 Å². The molecule has 1 aliphatic rings. The van der Waals surface area contributed by atoms with Gasteiger partial charge in [0.25, 0.3) is 0 Å². The highest BCUT2D eigenvalue weighted by molar-refractivity contribution is 7.71. The molecule has 2 aromatic carbocycles. The number of likely N-dealkylation sites (tertiary alicyclic amines) is 1. The van der Waals surface area contributed by atoms with Crippen molar-refractivity contribution in [2.45, 2.75) is 32.5 Å². The molecule has 1 unspecified atom stereocenters. The van der Waals surface area contributed by atoms with Gasteiger partial charge in [-0.25, -0.2) is 0 Å². The van der Waals surface area contributed by atoms with Gasteiger partial charge < -0.3 is 14.2 Å². The van der Waals surface area contributed by atoms with Gasteiger partial charge in [-0.15, -0.1) is 5.10 Å². The molecule has 0 radical (unpaired) electrons. The van der Waals surface area contributed by atoms with Gasteiger partial charge in [-0.2, -0.15) is 4.68 Å². The molecule has 1 fully saturated rings. The highest BCUT2D eigenvalue weighted by atomic mass is 32.1. The summed E-state index contributed by atoms with van der Waals surface area (Å²) >= 11 is 5.68. The molecule has 4 rings (SSSR count). The number of nitrogens with one attached hydrogen (secondary N) is 1. The maximum atomic E-state index is 5.68. The Labute approximate surface area is 171 Å². The Morgan fingerprint density at radius 1 is 1.14 bits per heavy atom. The lowest BCUT2D eigenvalue weighted by atomic mass is 10.0. The molecule has 2 heterocycles. The normalized spacial score (nSPS) is 19.1. The molecule has 0 aliphatic carbocycles. The molecule has 2 atom stereocenters. The first kappa shape index (κ1) is 18.9. The lowest BCUT2D eigenvalue weighted by Gasteiger charge is -2.21. The molecule has 1 aromatic heterocycles. The summed E-state index contributed by atoms with van der Waals surface area (Å²) in [4.78, 5) is 1.51. The summed E-state index contributed by atoms with van der Waals surface area (Å²) in [5.74, 6) is 1.85. The van der Waals surface area contributed by atoms with E-state index in [4.69, 9.17) is 22.1 Å². The van der Waals surface area contributed by atoms with Crippen LogP contribution in [0.2, 0.25) is 0 Å². The molecule has 0 spiro atoms. The SMILES string of the molecule is CCOc1ccc([C@@H]2CCC[NH+]2Cn2nc(-c3ccccc3)n(C)c2=S)cc1. The average molecular weight is 396 g/mol. The zero-order chi connectivity index (χ0) is 19.5. The van der Waals surface area contributed by atoms with Gasteiger partial charge in [0.05, 0.1) is 13.2 Å². The number of hydrogen-bond acceptors (Lipinski definition) is 3. The van der Waals surface area contributed by atoms with Crippen molar-refractivity contribution in [1.82, 2.24) is 14.3 Å². The van der Waals surface area contributed by atoms with Gasteiger partial charge in [0.2, 0.25) is 4.77 Å². The maximum absolute atomic E-state index is 5.68. The first-order chi connectivity index (χ1) is 13.7. The quantitative estimate of drug-likeness (QED) is 0.650. The minimum absolute atomic E-state index is 0.472. The molecule has 1 aliphatic heterocycles. The summed E-state index contributed by atoms with van der Waals surface area (Å²) < 4.78 is 10.3. The van der Waals surface area contributed by atoms with Crippen molar-refractivity contribution in [1.29, 1.82) is 0 Å². The van der Waals surface area contributed by atoms with Gasteiger partial charge in [0, 0.05) is 31.0 Å². The molecule has 6 heteroatoms. The number of ether oxygens (including phenoxy) is 1. The van der Waals surface area contributed by atoms with Crippen LogP contribution >= 0.6 is 12.2 Å². The predicted molar refractivity (Wildman–Crippen MR) is 113 cm³/mol. The van der Waals surface area contributed by atoms with E-state index in [2.05, 4.69) is 36.4 Å². The lowest BCUT2D eigenvalue weighted by molar-refractivity contribution is -0.941. The van der Waals surface area contributed by atoms with Crippen LogP contribution in [-0.4, -0.2) is 27.5 Å². The predicted octanol–water partition coefficient (Wildman–Crippen LogP) is 3.39. The van der Waals surface area contributed by atoms with Gasteiger partial charge in [0.1, 0.15) is 11.8 Å². The van der Waals surface area contributed by atoms with Crippen molar-refractivity contribution in [3.05, 3.63) is 64.9 Å². The molecular formula is C22H27N4OS+. The van der Waals surface area contributed by atoms with Gasteiger partial charge in [-0.1, -0.05) is 30.3 Å². The molecule has 3 aromatic rings. The van der Waals surface area contributed by atoms with Crippen molar-refractivity contribution in [2.75, 3.05) is 13.2 Å². The summed E-state index contributed by atoms with van der Waals surface area (Å²) in [6.45, 7) is 4.63. The number of aromatic nitrogens is 3. The molecule has 1 N–H and O–H groups in total. The van der Waals surface area contributed by atoms with Crippen LogP contribution in [0.3, 0.4) is 0 Å². The lowest BCUT2D eigenvalue weighted by Crippen LogP contribution is -3.09. The van der Waals surface area contributed by atoms with Crippen LogP contribution in [-0.2, 0) is 13.7 Å². The molecule has 28 heavy (non-hydrogen) atoms. The second-order valence-corrected chi connectivity index (χ2v) is 7.66. The number of rotatable bonds is 6.